The molecule has 1 saturated heterocycles. The molecule has 1 heterocycles. The summed E-state index contributed by atoms with van der Waals surface area (Å²) >= 11 is 6.15. The molecule has 1 amide bonds. The Morgan fingerprint density at radius 1 is 1.43 bits per heavy atom. The second kappa shape index (κ2) is 6.73. The molecule has 0 aromatic heterocycles. The van der Waals surface area contributed by atoms with E-state index < -0.39 is 0 Å². The molecule has 0 radical (unpaired) electrons. The molecule has 2 rings (SSSR count). The van der Waals surface area contributed by atoms with Crippen LogP contribution in [0.25, 0.3) is 6.08 Å². The summed E-state index contributed by atoms with van der Waals surface area (Å²) in [5.74, 6) is 0.696. The zero-order chi connectivity index (χ0) is 15.4. The molecule has 1 aromatic carbocycles. The van der Waals surface area contributed by atoms with Crippen molar-refractivity contribution in [2.75, 3.05) is 13.7 Å². The first-order valence-corrected chi connectivity index (χ1v) is 7.27. The van der Waals surface area contributed by atoms with Gasteiger partial charge in [0.1, 0.15) is 10.9 Å². The van der Waals surface area contributed by atoms with Crippen LogP contribution in [-0.2, 0) is 9.59 Å². The number of carbonyl (C=O) groups is 2. The van der Waals surface area contributed by atoms with Crippen molar-refractivity contribution in [3.05, 3.63) is 28.7 Å². The monoisotopic (exact) mass is 323 g/mol. The van der Waals surface area contributed by atoms with Gasteiger partial charge in [-0.05, 0) is 30.7 Å². The van der Waals surface area contributed by atoms with Gasteiger partial charge in [-0.2, -0.15) is 0 Å². The van der Waals surface area contributed by atoms with E-state index in [9.17, 15) is 9.59 Å². The first kappa shape index (κ1) is 15.5. The van der Waals surface area contributed by atoms with E-state index in [4.69, 9.17) is 21.7 Å². The molecule has 110 valence electrons. The predicted octanol–water partition coefficient (Wildman–Crippen LogP) is 2.15. The Hall–Kier alpha value is -1.86. The molecule has 0 aliphatic carbocycles. The highest BCUT2D eigenvalue weighted by molar-refractivity contribution is 8.26. The lowest BCUT2D eigenvalue weighted by molar-refractivity contribution is -0.119. The fraction of sp³-hybridized carbons (Fsp3) is 0.214. The van der Waals surface area contributed by atoms with Gasteiger partial charge in [-0.3, -0.25) is 9.59 Å². The molecular weight excluding hydrogens is 310 g/mol. The number of hydrogen-bond donors (Lipinski definition) is 1. The molecule has 1 aromatic rings. The Morgan fingerprint density at radius 3 is 2.76 bits per heavy atom. The molecular formula is C14H13NO4S2. The summed E-state index contributed by atoms with van der Waals surface area (Å²) in [6, 6.07) is 5.21. The van der Waals surface area contributed by atoms with Gasteiger partial charge in [0.2, 0.25) is 0 Å². The topological polar surface area (TPSA) is 64.6 Å². The number of amides is 1. The van der Waals surface area contributed by atoms with Gasteiger partial charge in [0.15, 0.2) is 17.3 Å². The molecule has 0 bridgehead atoms. The van der Waals surface area contributed by atoms with Crippen molar-refractivity contribution in [2.45, 2.75) is 6.92 Å². The van der Waals surface area contributed by atoms with Crippen molar-refractivity contribution in [2.24, 2.45) is 0 Å². The number of rotatable bonds is 5. The highest BCUT2D eigenvalue weighted by atomic mass is 32.2. The molecule has 0 spiro atoms. The zero-order valence-corrected chi connectivity index (χ0v) is 13.1. The third-order valence-corrected chi connectivity index (χ3v) is 3.72. The fourth-order valence-electron chi connectivity index (χ4n) is 1.64. The summed E-state index contributed by atoms with van der Waals surface area (Å²) in [5.41, 5.74) is 0.782. The number of ether oxygens (including phenoxy) is 2. The minimum atomic E-state index is -0.208. The maximum Gasteiger partial charge on any atom is 0.263 e. The van der Waals surface area contributed by atoms with Crippen LogP contribution in [0.3, 0.4) is 0 Å². The maximum absolute atomic E-state index is 11.6. The normalized spacial score (nSPS) is 16.0. The molecule has 0 atom stereocenters. The van der Waals surface area contributed by atoms with Crippen molar-refractivity contribution < 1.29 is 19.1 Å². The smallest absolute Gasteiger partial charge is 0.263 e. The maximum atomic E-state index is 11.6. The molecule has 1 aliphatic rings. The number of thioether (sulfide) groups is 1. The van der Waals surface area contributed by atoms with Crippen LogP contribution in [0, 0.1) is 0 Å². The standard InChI is InChI=1S/C14H13NO4S2/c1-8(16)7-19-10-4-3-9(5-11(10)18-2)6-12-13(17)15-14(20)21-12/h3-6H,7H2,1-2H3,(H,15,17,20). The number of ketones is 1. The van der Waals surface area contributed by atoms with Crippen LogP contribution in [0.1, 0.15) is 12.5 Å². The molecule has 5 nitrogen and oxygen atoms in total. The van der Waals surface area contributed by atoms with Crippen molar-refractivity contribution in [3.8, 4) is 11.5 Å². The second-order valence-corrected chi connectivity index (χ2v) is 5.97. The first-order valence-electron chi connectivity index (χ1n) is 6.04. The number of Topliss-reactive ketones (excluding diaryl/α,β-unsaturated/α-hetero) is 1. The number of thiocarbonyl (C=S) groups is 1. The van der Waals surface area contributed by atoms with Crippen LogP contribution in [0.5, 0.6) is 11.5 Å². The van der Waals surface area contributed by atoms with E-state index in [-0.39, 0.29) is 18.3 Å². The van der Waals surface area contributed by atoms with Crippen molar-refractivity contribution in [1.29, 1.82) is 0 Å². The Bertz CT molecular complexity index is 640. The Balaban J connectivity index is 2.23. The summed E-state index contributed by atoms with van der Waals surface area (Å²) in [6.45, 7) is 1.44. The summed E-state index contributed by atoms with van der Waals surface area (Å²) in [5, 5.41) is 2.55. The van der Waals surface area contributed by atoms with Crippen molar-refractivity contribution >= 4 is 46.1 Å². The number of hydrogen-bond acceptors (Lipinski definition) is 6. The van der Waals surface area contributed by atoms with E-state index >= 15 is 0 Å². The lowest BCUT2D eigenvalue weighted by Crippen LogP contribution is -2.17. The molecule has 21 heavy (non-hydrogen) atoms. The Labute approximate surface area is 131 Å². The van der Waals surface area contributed by atoms with E-state index in [0.717, 1.165) is 5.56 Å². The van der Waals surface area contributed by atoms with Gasteiger partial charge in [0.25, 0.3) is 5.91 Å². The third kappa shape index (κ3) is 4.05. The van der Waals surface area contributed by atoms with E-state index in [1.807, 2.05) is 0 Å². The molecule has 0 saturated carbocycles. The van der Waals surface area contributed by atoms with Gasteiger partial charge >= 0.3 is 0 Å². The zero-order valence-electron chi connectivity index (χ0n) is 11.5. The van der Waals surface area contributed by atoms with Crippen LogP contribution in [-0.4, -0.2) is 29.7 Å². The minimum Gasteiger partial charge on any atom is -0.493 e. The van der Waals surface area contributed by atoms with Gasteiger partial charge in [-0.25, -0.2) is 0 Å². The summed E-state index contributed by atoms with van der Waals surface area (Å²) in [4.78, 5) is 23.1. The van der Waals surface area contributed by atoms with Crippen LogP contribution in [0.2, 0.25) is 0 Å². The van der Waals surface area contributed by atoms with Gasteiger partial charge < -0.3 is 14.8 Å². The van der Waals surface area contributed by atoms with Gasteiger partial charge in [-0.15, -0.1) is 0 Å². The fourth-order valence-corrected chi connectivity index (χ4v) is 2.69. The summed E-state index contributed by atoms with van der Waals surface area (Å²) in [6.07, 6.45) is 1.72. The number of benzene rings is 1. The van der Waals surface area contributed by atoms with Crippen LogP contribution in [0.15, 0.2) is 23.1 Å². The Kier molecular flexibility index (Phi) is 4.98. The first-order chi connectivity index (χ1) is 9.99. The average Bonchev–Trinajstić information content (AvgIpc) is 2.75. The quantitative estimate of drug-likeness (QED) is 0.662. The minimum absolute atomic E-state index is 0.0106. The highest BCUT2D eigenvalue weighted by Gasteiger charge is 2.22. The average molecular weight is 323 g/mol. The largest absolute Gasteiger partial charge is 0.493 e. The van der Waals surface area contributed by atoms with Gasteiger partial charge in [-0.1, -0.05) is 30.0 Å². The molecule has 1 fully saturated rings. The second-order valence-electron chi connectivity index (χ2n) is 4.25. The lowest BCUT2D eigenvalue weighted by Gasteiger charge is -2.10. The van der Waals surface area contributed by atoms with Crippen molar-refractivity contribution in [3.63, 3.8) is 0 Å². The van der Waals surface area contributed by atoms with Crippen LogP contribution >= 0.6 is 24.0 Å². The van der Waals surface area contributed by atoms with E-state index in [0.29, 0.717) is 20.7 Å². The summed E-state index contributed by atoms with van der Waals surface area (Å²) in [7, 11) is 1.51. The molecule has 0 unspecified atom stereocenters. The third-order valence-electron chi connectivity index (χ3n) is 2.56. The Morgan fingerprint density at radius 2 is 2.19 bits per heavy atom. The number of carbonyl (C=O) groups excluding carboxylic acids is 2. The van der Waals surface area contributed by atoms with Crippen LogP contribution < -0.4 is 14.8 Å². The number of nitrogens with one attached hydrogen (secondary N) is 1. The SMILES string of the molecule is COc1cc(C=C2SC(=S)NC2=O)ccc1OCC(C)=O. The van der Waals surface area contributed by atoms with Gasteiger partial charge in [0, 0.05) is 0 Å². The van der Waals surface area contributed by atoms with Gasteiger partial charge in [0.05, 0.1) is 12.0 Å². The summed E-state index contributed by atoms with van der Waals surface area (Å²) < 4.78 is 11.0. The van der Waals surface area contributed by atoms with E-state index in [1.54, 1.807) is 24.3 Å². The van der Waals surface area contributed by atoms with E-state index in [2.05, 4.69) is 5.32 Å². The molecule has 1 aliphatic heterocycles. The van der Waals surface area contributed by atoms with Crippen molar-refractivity contribution in [1.82, 2.24) is 5.32 Å². The molecule has 1 N–H and O–H groups in total. The lowest BCUT2D eigenvalue weighted by atomic mass is 10.2. The molecule has 7 heteroatoms. The predicted molar refractivity (Wildman–Crippen MR) is 85.5 cm³/mol. The van der Waals surface area contributed by atoms with E-state index in [1.165, 1.54) is 25.8 Å². The highest BCUT2D eigenvalue weighted by Crippen LogP contribution is 2.31. The van der Waals surface area contributed by atoms with Crippen LogP contribution in [0.4, 0.5) is 0 Å². The number of methoxy groups -OCH3 is 1.